The summed E-state index contributed by atoms with van der Waals surface area (Å²) < 4.78 is 33.4. The summed E-state index contributed by atoms with van der Waals surface area (Å²) in [5.41, 5.74) is 0.284. The van der Waals surface area contributed by atoms with Gasteiger partial charge < -0.3 is 9.47 Å². The number of alkyl halides is 2. The number of halogens is 2. The van der Waals surface area contributed by atoms with Gasteiger partial charge in [-0.2, -0.15) is 8.78 Å². The Balaban J connectivity index is 1.51. The third-order valence-electron chi connectivity index (χ3n) is 4.33. The first-order valence-electron chi connectivity index (χ1n) is 7.46. The van der Waals surface area contributed by atoms with E-state index in [0.717, 1.165) is 12.8 Å². The summed E-state index contributed by atoms with van der Waals surface area (Å²) in [7, 11) is 0. The highest BCUT2D eigenvalue weighted by atomic mass is 19.3. The van der Waals surface area contributed by atoms with Crippen LogP contribution in [0.2, 0.25) is 0 Å². The van der Waals surface area contributed by atoms with Gasteiger partial charge in [0.25, 0.3) is 0 Å². The van der Waals surface area contributed by atoms with Crippen LogP contribution >= 0.6 is 0 Å². The highest BCUT2D eigenvalue weighted by Gasteiger charge is 2.40. The number of rotatable bonds is 6. The molecule has 0 aromatic heterocycles. The van der Waals surface area contributed by atoms with Gasteiger partial charge in [0, 0.05) is 5.56 Å². The minimum Gasteiger partial charge on any atom is -0.457 e. The number of ether oxygens (including phenoxy) is 2. The zero-order valence-corrected chi connectivity index (χ0v) is 12.3. The fourth-order valence-electron chi connectivity index (χ4n) is 3.20. The summed E-state index contributed by atoms with van der Waals surface area (Å²) in [6.45, 7) is -3.25. The van der Waals surface area contributed by atoms with Crippen molar-refractivity contribution in [3.05, 3.63) is 42.0 Å². The molecule has 2 aliphatic carbocycles. The summed E-state index contributed by atoms with van der Waals surface area (Å²) in [6.07, 6.45) is 5.94. The topological polar surface area (TPSA) is 52.6 Å². The predicted octanol–water partition coefficient (Wildman–Crippen LogP) is 3.23. The number of esters is 1. The van der Waals surface area contributed by atoms with Gasteiger partial charge in [-0.05, 0) is 48.9 Å². The van der Waals surface area contributed by atoms with Crippen LogP contribution in [0.1, 0.15) is 23.2 Å². The average molecular weight is 322 g/mol. The number of hydrogen-bond acceptors (Lipinski definition) is 4. The highest BCUT2D eigenvalue weighted by Crippen LogP contribution is 2.43. The van der Waals surface area contributed by atoms with Gasteiger partial charge in [-0.15, -0.1) is 0 Å². The maximum atomic E-state index is 12.0. The molecule has 2 bridgehead atoms. The molecule has 0 aliphatic heterocycles. The Morgan fingerprint density at radius 2 is 1.87 bits per heavy atom. The monoisotopic (exact) mass is 322 g/mol. The minimum atomic E-state index is -2.91. The number of Topliss-reactive ketones (excluding diaryl/α,β-unsaturated/α-hetero) is 1. The third kappa shape index (κ3) is 3.57. The third-order valence-corrected chi connectivity index (χ3v) is 4.33. The zero-order chi connectivity index (χ0) is 16.4. The van der Waals surface area contributed by atoms with Crippen LogP contribution in [0.3, 0.4) is 0 Å². The molecular formula is C17H16F2O4. The van der Waals surface area contributed by atoms with Gasteiger partial charge in [0.1, 0.15) is 5.75 Å². The van der Waals surface area contributed by atoms with Crippen LogP contribution in [0, 0.1) is 17.8 Å². The van der Waals surface area contributed by atoms with E-state index in [2.05, 4.69) is 10.8 Å². The Bertz CT molecular complexity index is 624. The van der Waals surface area contributed by atoms with Crippen molar-refractivity contribution in [1.29, 1.82) is 0 Å². The largest absolute Gasteiger partial charge is 0.457 e. The molecule has 0 amide bonds. The van der Waals surface area contributed by atoms with Crippen LogP contribution in [0.5, 0.6) is 5.75 Å². The number of carbonyl (C=O) groups excluding carboxylic acids is 2. The molecule has 0 heterocycles. The first-order chi connectivity index (χ1) is 11.0. The van der Waals surface area contributed by atoms with Crippen molar-refractivity contribution in [3.8, 4) is 5.75 Å². The van der Waals surface area contributed by atoms with E-state index < -0.39 is 6.61 Å². The number of fused-ring (bicyclic) bond motifs is 2. The van der Waals surface area contributed by atoms with E-state index in [1.54, 1.807) is 0 Å². The fourth-order valence-corrected chi connectivity index (χ4v) is 3.20. The molecule has 6 heteroatoms. The normalized spacial score (nSPS) is 24.9. The number of benzene rings is 1. The van der Waals surface area contributed by atoms with Crippen molar-refractivity contribution >= 4 is 11.8 Å². The molecule has 0 unspecified atom stereocenters. The molecule has 0 N–H and O–H groups in total. The molecular weight excluding hydrogens is 306 g/mol. The molecule has 1 aromatic carbocycles. The molecule has 0 spiro atoms. The van der Waals surface area contributed by atoms with Gasteiger partial charge in [-0.1, -0.05) is 12.2 Å². The number of hydrogen-bond donors (Lipinski definition) is 0. The van der Waals surface area contributed by atoms with Crippen molar-refractivity contribution < 1.29 is 27.8 Å². The molecule has 0 radical (unpaired) electrons. The number of carbonyl (C=O) groups is 2. The lowest BCUT2D eigenvalue weighted by atomic mass is 9.94. The maximum absolute atomic E-state index is 12.0. The second kappa shape index (κ2) is 6.48. The van der Waals surface area contributed by atoms with Crippen LogP contribution in [0.15, 0.2) is 36.4 Å². The lowest BCUT2D eigenvalue weighted by Gasteiger charge is -2.16. The second-order valence-electron chi connectivity index (χ2n) is 5.82. The molecule has 3 rings (SSSR count). The van der Waals surface area contributed by atoms with Gasteiger partial charge in [0.05, 0.1) is 5.92 Å². The van der Waals surface area contributed by atoms with Crippen molar-refractivity contribution in [1.82, 2.24) is 0 Å². The van der Waals surface area contributed by atoms with Crippen LogP contribution < -0.4 is 4.74 Å². The van der Waals surface area contributed by atoms with E-state index in [1.165, 1.54) is 24.3 Å². The highest BCUT2D eigenvalue weighted by molar-refractivity contribution is 5.98. The molecule has 4 nitrogen and oxygen atoms in total. The Labute approximate surface area is 132 Å². The SMILES string of the molecule is O=C(COC(=O)[C@@H]1C[C@H]2C=C[C@H]1C2)c1ccc(OC(F)F)cc1. The first kappa shape index (κ1) is 15.6. The first-order valence-corrected chi connectivity index (χ1v) is 7.46. The van der Waals surface area contributed by atoms with E-state index in [4.69, 9.17) is 4.74 Å². The summed E-state index contributed by atoms with van der Waals surface area (Å²) in [4.78, 5) is 24.0. The van der Waals surface area contributed by atoms with Gasteiger partial charge >= 0.3 is 12.6 Å². The molecule has 1 fully saturated rings. The molecule has 1 saturated carbocycles. The fraction of sp³-hybridized carbons (Fsp3) is 0.412. The lowest BCUT2D eigenvalue weighted by Crippen LogP contribution is -2.24. The van der Waals surface area contributed by atoms with Crippen molar-refractivity contribution in [2.24, 2.45) is 17.8 Å². The predicted molar refractivity (Wildman–Crippen MR) is 77.2 cm³/mol. The Hall–Kier alpha value is -2.24. The number of allylic oxidation sites excluding steroid dienone is 2. The minimum absolute atomic E-state index is 0.0256. The Morgan fingerprint density at radius 1 is 1.13 bits per heavy atom. The van der Waals surface area contributed by atoms with Crippen molar-refractivity contribution in [2.75, 3.05) is 6.61 Å². The van der Waals surface area contributed by atoms with Gasteiger partial charge in [0.2, 0.25) is 0 Å². The van der Waals surface area contributed by atoms with Gasteiger partial charge in [-0.25, -0.2) is 0 Å². The zero-order valence-electron chi connectivity index (χ0n) is 12.3. The summed E-state index contributed by atoms with van der Waals surface area (Å²) in [5, 5.41) is 0. The lowest BCUT2D eigenvalue weighted by molar-refractivity contribution is -0.148. The number of ketones is 1. The molecule has 23 heavy (non-hydrogen) atoms. The van der Waals surface area contributed by atoms with E-state index >= 15 is 0 Å². The molecule has 122 valence electrons. The Kier molecular flexibility index (Phi) is 4.41. The smallest absolute Gasteiger partial charge is 0.387 e. The van der Waals surface area contributed by atoms with E-state index in [9.17, 15) is 18.4 Å². The van der Waals surface area contributed by atoms with E-state index in [-0.39, 0.29) is 41.5 Å². The molecule has 0 saturated heterocycles. The van der Waals surface area contributed by atoms with Crippen LogP contribution in [0.25, 0.3) is 0 Å². The molecule has 1 aromatic rings. The van der Waals surface area contributed by atoms with Gasteiger partial charge in [-0.3, -0.25) is 9.59 Å². The second-order valence-corrected chi connectivity index (χ2v) is 5.82. The quantitative estimate of drug-likeness (QED) is 0.458. The average Bonchev–Trinajstić information content (AvgIpc) is 3.15. The van der Waals surface area contributed by atoms with Crippen LogP contribution in [0.4, 0.5) is 8.78 Å². The maximum Gasteiger partial charge on any atom is 0.387 e. The van der Waals surface area contributed by atoms with E-state index in [1.807, 2.05) is 6.08 Å². The van der Waals surface area contributed by atoms with E-state index in [0.29, 0.717) is 5.92 Å². The molecule has 3 atom stereocenters. The summed E-state index contributed by atoms with van der Waals surface area (Å²) in [5.74, 6) is -0.209. The standard InChI is InChI=1S/C17H16F2O4/c18-17(19)23-13-5-3-11(4-6-13)15(20)9-22-16(21)14-8-10-1-2-12(14)7-10/h1-6,10,12,14,17H,7-9H2/t10-,12-,14+/m0/s1. The van der Waals surface area contributed by atoms with Gasteiger partial charge in [0.15, 0.2) is 12.4 Å². The van der Waals surface area contributed by atoms with Crippen LogP contribution in [-0.2, 0) is 9.53 Å². The summed E-state index contributed by atoms with van der Waals surface area (Å²) >= 11 is 0. The van der Waals surface area contributed by atoms with Crippen molar-refractivity contribution in [2.45, 2.75) is 19.5 Å². The molecule has 2 aliphatic rings. The summed E-state index contributed by atoms with van der Waals surface area (Å²) in [6, 6.07) is 5.30. The van der Waals surface area contributed by atoms with Crippen LogP contribution in [-0.4, -0.2) is 25.0 Å². The van der Waals surface area contributed by atoms with Crippen molar-refractivity contribution in [3.63, 3.8) is 0 Å². The Morgan fingerprint density at radius 3 is 2.43 bits per heavy atom.